The van der Waals surface area contributed by atoms with E-state index < -0.39 is 12.0 Å². The fourth-order valence-electron chi connectivity index (χ4n) is 2.14. The third kappa shape index (κ3) is 3.69. The minimum absolute atomic E-state index is 0.0966. The summed E-state index contributed by atoms with van der Waals surface area (Å²) in [5, 5.41) is 11.7. The highest BCUT2D eigenvalue weighted by molar-refractivity contribution is 5.88. The zero-order valence-electron chi connectivity index (χ0n) is 11.9. The number of morpholine rings is 1. The lowest BCUT2D eigenvalue weighted by Crippen LogP contribution is -2.54. The zero-order valence-corrected chi connectivity index (χ0v) is 11.9. The standard InChI is InChI=1S/C14H19N3O4/c1-2-5-15-13(18)11-9-21-7-6-17(11)12-4-3-10(8-16-12)14(19)20/h3-4,8,11H,2,5-7,9H2,1H3,(H,15,18)(H,19,20). The van der Waals surface area contributed by atoms with Crippen molar-refractivity contribution in [1.82, 2.24) is 10.3 Å². The molecule has 0 saturated carbocycles. The van der Waals surface area contributed by atoms with Crippen molar-refractivity contribution >= 4 is 17.7 Å². The number of carboxylic acid groups (broad SMARTS) is 1. The molecule has 1 aliphatic heterocycles. The summed E-state index contributed by atoms with van der Waals surface area (Å²) in [5.41, 5.74) is 0.124. The Balaban J connectivity index is 2.14. The quantitative estimate of drug-likeness (QED) is 0.822. The van der Waals surface area contributed by atoms with Crippen LogP contribution in [0.4, 0.5) is 5.82 Å². The Morgan fingerprint density at radius 3 is 2.95 bits per heavy atom. The highest BCUT2D eigenvalue weighted by Gasteiger charge is 2.30. The van der Waals surface area contributed by atoms with Crippen LogP contribution in [0.25, 0.3) is 0 Å². The normalized spacial score (nSPS) is 18.3. The van der Waals surface area contributed by atoms with Gasteiger partial charge in [-0.1, -0.05) is 6.92 Å². The Labute approximate surface area is 122 Å². The van der Waals surface area contributed by atoms with E-state index in [9.17, 15) is 9.59 Å². The first-order chi connectivity index (χ1) is 10.1. The van der Waals surface area contributed by atoms with Gasteiger partial charge >= 0.3 is 5.97 Å². The molecule has 2 heterocycles. The summed E-state index contributed by atoms with van der Waals surface area (Å²) in [6.07, 6.45) is 2.17. The Bertz CT molecular complexity index is 503. The van der Waals surface area contributed by atoms with Gasteiger partial charge in [0, 0.05) is 19.3 Å². The highest BCUT2D eigenvalue weighted by Crippen LogP contribution is 2.18. The first-order valence-corrected chi connectivity index (χ1v) is 6.95. The number of aromatic nitrogens is 1. The first-order valence-electron chi connectivity index (χ1n) is 6.95. The summed E-state index contributed by atoms with van der Waals surface area (Å²) in [6, 6.07) is 2.67. The molecule has 1 aromatic rings. The van der Waals surface area contributed by atoms with Crippen molar-refractivity contribution in [2.45, 2.75) is 19.4 Å². The van der Waals surface area contributed by atoms with E-state index in [0.717, 1.165) is 6.42 Å². The number of amides is 1. The molecule has 0 radical (unpaired) electrons. The van der Waals surface area contributed by atoms with Gasteiger partial charge in [0.1, 0.15) is 11.9 Å². The summed E-state index contributed by atoms with van der Waals surface area (Å²) in [7, 11) is 0. The van der Waals surface area contributed by atoms with Crippen molar-refractivity contribution in [1.29, 1.82) is 0 Å². The van der Waals surface area contributed by atoms with E-state index in [1.165, 1.54) is 12.3 Å². The number of hydrogen-bond donors (Lipinski definition) is 2. The van der Waals surface area contributed by atoms with Crippen LogP contribution in [0.5, 0.6) is 0 Å². The van der Waals surface area contributed by atoms with Crippen LogP contribution in [0.15, 0.2) is 18.3 Å². The molecule has 1 atom stereocenters. The number of anilines is 1. The maximum absolute atomic E-state index is 12.2. The van der Waals surface area contributed by atoms with Crippen molar-refractivity contribution in [3.63, 3.8) is 0 Å². The average molecular weight is 293 g/mol. The van der Waals surface area contributed by atoms with Crippen LogP contribution in [0.1, 0.15) is 23.7 Å². The summed E-state index contributed by atoms with van der Waals surface area (Å²) in [6.45, 7) is 3.97. The van der Waals surface area contributed by atoms with Gasteiger partial charge in [-0.25, -0.2) is 9.78 Å². The van der Waals surface area contributed by atoms with Crippen LogP contribution in [-0.4, -0.2) is 54.3 Å². The molecule has 1 fully saturated rings. The van der Waals surface area contributed by atoms with Crippen molar-refractivity contribution in [2.24, 2.45) is 0 Å². The van der Waals surface area contributed by atoms with Gasteiger partial charge < -0.3 is 20.1 Å². The molecule has 0 aromatic carbocycles. The number of carbonyl (C=O) groups is 2. The molecule has 2 N–H and O–H groups in total. The Hall–Kier alpha value is -2.15. The second kappa shape index (κ2) is 7.03. The molecule has 7 heteroatoms. The number of nitrogens with zero attached hydrogens (tertiary/aromatic N) is 2. The number of hydrogen-bond acceptors (Lipinski definition) is 5. The average Bonchev–Trinajstić information content (AvgIpc) is 2.52. The second-order valence-corrected chi connectivity index (χ2v) is 4.79. The van der Waals surface area contributed by atoms with Gasteiger partial charge in [-0.05, 0) is 18.6 Å². The third-order valence-corrected chi connectivity index (χ3v) is 3.27. The fraction of sp³-hybridized carbons (Fsp3) is 0.500. The molecule has 0 spiro atoms. The van der Waals surface area contributed by atoms with Gasteiger partial charge in [-0.2, -0.15) is 0 Å². The van der Waals surface area contributed by atoms with Crippen molar-refractivity contribution in [3.8, 4) is 0 Å². The summed E-state index contributed by atoms with van der Waals surface area (Å²) in [5.74, 6) is -0.533. The number of carboxylic acids is 1. The predicted molar refractivity (Wildman–Crippen MR) is 76.5 cm³/mol. The molecule has 114 valence electrons. The molecule has 1 saturated heterocycles. The van der Waals surface area contributed by atoms with Gasteiger partial charge in [-0.3, -0.25) is 4.79 Å². The molecular weight excluding hydrogens is 274 g/mol. The number of aromatic carboxylic acids is 1. The Morgan fingerprint density at radius 1 is 1.52 bits per heavy atom. The number of nitrogens with one attached hydrogen (secondary N) is 1. The second-order valence-electron chi connectivity index (χ2n) is 4.79. The summed E-state index contributed by atoms with van der Waals surface area (Å²) in [4.78, 5) is 29.0. The molecule has 7 nitrogen and oxygen atoms in total. The number of rotatable bonds is 5. The van der Waals surface area contributed by atoms with Crippen LogP contribution in [0.2, 0.25) is 0 Å². The van der Waals surface area contributed by atoms with E-state index in [0.29, 0.717) is 32.1 Å². The molecule has 0 aliphatic carbocycles. The minimum atomic E-state index is -1.02. The smallest absolute Gasteiger partial charge is 0.337 e. The fourth-order valence-corrected chi connectivity index (χ4v) is 2.14. The van der Waals surface area contributed by atoms with Crippen LogP contribution < -0.4 is 10.2 Å². The predicted octanol–water partition coefficient (Wildman–Crippen LogP) is 0.511. The Kier molecular flexibility index (Phi) is 5.10. The molecule has 21 heavy (non-hydrogen) atoms. The third-order valence-electron chi connectivity index (χ3n) is 3.27. The number of pyridine rings is 1. The summed E-state index contributed by atoms with van der Waals surface area (Å²) < 4.78 is 5.37. The number of carbonyl (C=O) groups excluding carboxylic acids is 1. The molecule has 1 aliphatic rings. The van der Waals surface area contributed by atoms with Gasteiger partial charge in [0.05, 0.1) is 18.8 Å². The molecule has 1 aromatic heterocycles. The van der Waals surface area contributed by atoms with Gasteiger partial charge in [-0.15, -0.1) is 0 Å². The van der Waals surface area contributed by atoms with Crippen molar-refractivity contribution in [3.05, 3.63) is 23.9 Å². The number of ether oxygens (including phenoxy) is 1. The lowest BCUT2D eigenvalue weighted by Gasteiger charge is -2.35. The van der Waals surface area contributed by atoms with Crippen LogP contribution in [0, 0.1) is 0 Å². The molecular formula is C14H19N3O4. The van der Waals surface area contributed by atoms with E-state index in [1.54, 1.807) is 6.07 Å². The maximum atomic E-state index is 12.2. The summed E-state index contributed by atoms with van der Waals surface area (Å²) >= 11 is 0. The van der Waals surface area contributed by atoms with Gasteiger partial charge in [0.25, 0.3) is 0 Å². The van der Waals surface area contributed by atoms with Gasteiger partial charge in [0.2, 0.25) is 5.91 Å². The van der Waals surface area contributed by atoms with E-state index in [4.69, 9.17) is 9.84 Å². The maximum Gasteiger partial charge on any atom is 0.337 e. The lowest BCUT2D eigenvalue weighted by molar-refractivity contribution is -0.124. The van der Waals surface area contributed by atoms with E-state index >= 15 is 0 Å². The van der Waals surface area contributed by atoms with Crippen LogP contribution in [-0.2, 0) is 9.53 Å². The highest BCUT2D eigenvalue weighted by atomic mass is 16.5. The minimum Gasteiger partial charge on any atom is -0.478 e. The molecule has 2 rings (SSSR count). The van der Waals surface area contributed by atoms with Crippen LogP contribution in [0.3, 0.4) is 0 Å². The molecule has 1 unspecified atom stereocenters. The van der Waals surface area contributed by atoms with E-state index in [1.807, 2.05) is 11.8 Å². The monoisotopic (exact) mass is 293 g/mol. The molecule has 0 bridgehead atoms. The van der Waals surface area contributed by atoms with Crippen molar-refractivity contribution in [2.75, 3.05) is 31.2 Å². The van der Waals surface area contributed by atoms with Crippen molar-refractivity contribution < 1.29 is 19.4 Å². The van der Waals surface area contributed by atoms with E-state index in [2.05, 4.69) is 10.3 Å². The SMILES string of the molecule is CCCNC(=O)C1COCCN1c1ccc(C(=O)O)cn1. The first kappa shape index (κ1) is 15.2. The van der Waals surface area contributed by atoms with Gasteiger partial charge in [0.15, 0.2) is 0 Å². The topological polar surface area (TPSA) is 91.8 Å². The van der Waals surface area contributed by atoms with E-state index in [-0.39, 0.29) is 11.5 Å². The lowest BCUT2D eigenvalue weighted by atomic mass is 10.2. The zero-order chi connectivity index (χ0) is 15.2. The Morgan fingerprint density at radius 2 is 2.33 bits per heavy atom. The van der Waals surface area contributed by atoms with Crippen LogP contribution >= 0.6 is 0 Å². The largest absolute Gasteiger partial charge is 0.478 e. The molecule has 1 amide bonds.